The van der Waals surface area contributed by atoms with E-state index in [9.17, 15) is 4.79 Å². The minimum Gasteiger partial charge on any atom is -0.348 e. The van der Waals surface area contributed by atoms with Gasteiger partial charge >= 0.3 is 0 Å². The Morgan fingerprint density at radius 2 is 2.18 bits per heavy atom. The third kappa shape index (κ3) is 4.97. The van der Waals surface area contributed by atoms with Gasteiger partial charge in [-0.15, -0.1) is 0 Å². The maximum absolute atomic E-state index is 12.3. The van der Waals surface area contributed by atoms with Crippen LogP contribution in [0, 0.1) is 0 Å². The van der Waals surface area contributed by atoms with Gasteiger partial charge in [-0.2, -0.15) is 0 Å². The van der Waals surface area contributed by atoms with Gasteiger partial charge in [0, 0.05) is 11.1 Å². The van der Waals surface area contributed by atoms with E-state index in [1.165, 1.54) is 6.42 Å². The first-order chi connectivity index (χ1) is 10.6. The lowest BCUT2D eigenvalue weighted by Crippen LogP contribution is -2.41. The molecule has 0 spiro atoms. The summed E-state index contributed by atoms with van der Waals surface area (Å²) in [5.74, 6) is 0.0483. The van der Waals surface area contributed by atoms with Gasteiger partial charge in [-0.1, -0.05) is 29.8 Å². The number of hydrogen-bond acceptors (Lipinski definition) is 3. The Morgan fingerprint density at radius 3 is 2.95 bits per heavy atom. The van der Waals surface area contributed by atoms with Crippen LogP contribution in [0.4, 0.5) is 0 Å². The first-order valence-corrected chi connectivity index (χ1v) is 8.40. The van der Waals surface area contributed by atoms with Crippen LogP contribution in [-0.2, 0) is 4.79 Å². The first kappa shape index (κ1) is 17.3. The van der Waals surface area contributed by atoms with E-state index in [2.05, 4.69) is 15.5 Å². The predicted molar refractivity (Wildman–Crippen MR) is 91.1 cm³/mol. The summed E-state index contributed by atoms with van der Waals surface area (Å²) in [6, 6.07) is 8.04. The molecule has 5 heteroatoms. The Morgan fingerprint density at radius 1 is 1.41 bits per heavy atom. The quantitative estimate of drug-likeness (QED) is 0.875. The molecule has 4 nitrogen and oxygen atoms in total. The smallest absolute Gasteiger partial charge is 0.234 e. The standard InChI is InChI=1S/C17H26ClN3O/c1-13(15-7-3-4-8-16(15)18)20-17(22)12-21(2)14-6-5-10-19-11-9-14/h3-4,7-8,13-14,19H,5-6,9-12H2,1-2H3,(H,20,22). The molecule has 0 radical (unpaired) electrons. The Balaban J connectivity index is 1.85. The van der Waals surface area contributed by atoms with Gasteiger partial charge in [0.05, 0.1) is 12.6 Å². The largest absolute Gasteiger partial charge is 0.348 e. The summed E-state index contributed by atoms with van der Waals surface area (Å²) in [6.07, 6.45) is 3.42. The molecule has 1 amide bonds. The van der Waals surface area contributed by atoms with Crippen LogP contribution in [0.25, 0.3) is 0 Å². The zero-order chi connectivity index (χ0) is 15.9. The molecule has 1 aromatic rings. The average Bonchev–Trinajstić information content (AvgIpc) is 2.76. The average molecular weight is 324 g/mol. The van der Waals surface area contributed by atoms with Crippen molar-refractivity contribution in [3.8, 4) is 0 Å². The van der Waals surface area contributed by atoms with Crippen LogP contribution in [-0.4, -0.2) is 43.5 Å². The fourth-order valence-corrected chi connectivity index (χ4v) is 3.29. The molecule has 2 atom stereocenters. The second-order valence-corrected chi connectivity index (χ2v) is 6.47. The molecule has 1 saturated heterocycles. The Hall–Kier alpha value is -1.10. The number of halogens is 1. The van der Waals surface area contributed by atoms with Gasteiger partial charge < -0.3 is 10.6 Å². The number of nitrogens with one attached hydrogen (secondary N) is 2. The van der Waals surface area contributed by atoms with Crippen LogP contribution < -0.4 is 10.6 Å². The second kappa shape index (κ2) is 8.51. The highest BCUT2D eigenvalue weighted by molar-refractivity contribution is 6.31. The third-order valence-corrected chi connectivity index (χ3v) is 4.66. The van der Waals surface area contributed by atoms with Crippen LogP contribution in [0.2, 0.25) is 5.02 Å². The van der Waals surface area contributed by atoms with Crippen LogP contribution in [0.1, 0.15) is 37.8 Å². The lowest BCUT2D eigenvalue weighted by molar-refractivity contribution is -0.123. The molecule has 1 heterocycles. The highest BCUT2D eigenvalue weighted by Crippen LogP contribution is 2.22. The molecule has 2 rings (SSSR count). The predicted octanol–water partition coefficient (Wildman–Crippen LogP) is 2.59. The normalized spacial score (nSPS) is 20.5. The second-order valence-electron chi connectivity index (χ2n) is 6.06. The van der Waals surface area contributed by atoms with Gasteiger partial charge in [0.15, 0.2) is 0 Å². The molecule has 0 aliphatic carbocycles. The molecule has 1 aromatic carbocycles. The summed E-state index contributed by atoms with van der Waals surface area (Å²) in [5.41, 5.74) is 0.957. The van der Waals surface area contributed by atoms with E-state index in [1.54, 1.807) is 0 Å². The summed E-state index contributed by atoms with van der Waals surface area (Å²) in [6.45, 7) is 4.51. The van der Waals surface area contributed by atoms with Crippen LogP contribution in [0.15, 0.2) is 24.3 Å². The maximum Gasteiger partial charge on any atom is 0.234 e. The van der Waals surface area contributed by atoms with Crippen molar-refractivity contribution >= 4 is 17.5 Å². The van der Waals surface area contributed by atoms with Crippen molar-refractivity contribution in [1.82, 2.24) is 15.5 Å². The monoisotopic (exact) mass is 323 g/mol. The Kier molecular flexibility index (Phi) is 6.68. The Bertz CT molecular complexity index is 487. The van der Waals surface area contributed by atoms with E-state index in [0.717, 1.165) is 31.5 Å². The summed E-state index contributed by atoms with van der Waals surface area (Å²) in [4.78, 5) is 14.4. The van der Waals surface area contributed by atoms with Gasteiger partial charge in [0.1, 0.15) is 0 Å². The molecule has 1 aliphatic heterocycles. The zero-order valence-electron chi connectivity index (χ0n) is 13.4. The molecule has 2 unspecified atom stereocenters. The third-order valence-electron chi connectivity index (χ3n) is 4.31. The molecule has 0 saturated carbocycles. The summed E-state index contributed by atoms with van der Waals surface area (Å²) >= 11 is 6.18. The number of hydrogen-bond donors (Lipinski definition) is 2. The SMILES string of the molecule is CC(NC(=O)CN(C)C1CCCNCC1)c1ccccc1Cl. The number of carbonyl (C=O) groups excluding carboxylic acids is 1. The lowest BCUT2D eigenvalue weighted by Gasteiger charge is -2.27. The van der Waals surface area contributed by atoms with Gasteiger partial charge in [-0.05, 0) is 58.0 Å². The van der Waals surface area contributed by atoms with E-state index < -0.39 is 0 Å². The van der Waals surface area contributed by atoms with Crippen molar-refractivity contribution in [2.45, 2.75) is 38.3 Å². The van der Waals surface area contributed by atoms with Crippen molar-refractivity contribution in [2.24, 2.45) is 0 Å². The zero-order valence-corrected chi connectivity index (χ0v) is 14.2. The van der Waals surface area contributed by atoms with Crippen LogP contribution in [0.3, 0.4) is 0 Å². The summed E-state index contributed by atoms with van der Waals surface area (Å²) < 4.78 is 0. The number of nitrogens with zero attached hydrogens (tertiary/aromatic N) is 1. The number of benzene rings is 1. The van der Waals surface area contributed by atoms with Gasteiger partial charge in [0.2, 0.25) is 5.91 Å². The highest BCUT2D eigenvalue weighted by Gasteiger charge is 2.20. The minimum atomic E-state index is -0.0783. The fraction of sp³-hybridized carbons (Fsp3) is 0.588. The van der Waals surface area contributed by atoms with E-state index in [-0.39, 0.29) is 11.9 Å². The minimum absolute atomic E-state index is 0.0483. The highest BCUT2D eigenvalue weighted by atomic mass is 35.5. The lowest BCUT2D eigenvalue weighted by atomic mass is 10.1. The number of amides is 1. The maximum atomic E-state index is 12.3. The fourth-order valence-electron chi connectivity index (χ4n) is 2.99. The number of likely N-dealkylation sites (N-methyl/N-ethyl adjacent to an activating group) is 1. The van der Waals surface area contributed by atoms with Crippen molar-refractivity contribution in [1.29, 1.82) is 0 Å². The molecule has 1 aliphatic rings. The van der Waals surface area contributed by atoms with E-state index in [1.807, 2.05) is 38.2 Å². The van der Waals surface area contributed by atoms with Gasteiger partial charge in [-0.25, -0.2) is 0 Å². The van der Waals surface area contributed by atoms with E-state index in [0.29, 0.717) is 17.6 Å². The Labute approximate surface area is 138 Å². The first-order valence-electron chi connectivity index (χ1n) is 8.02. The van der Waals surface area contributed by atoms with Crippen LogP contribution in [0.5, 0.6) is 0 Å². The number of carbonyl (C=O) groups is 1. The number of rotatable bonds is 5. The van der Waals surface area contributed by atoms with E-state index >= 15 is 0 Å². The van der Waals surface area contributed by atoms with Crippen molar-refractivity contribution in [3.63, 3.8) is 0 Å². The molecule has 0 aromatic heterocycles. The summed E-state index contributed by atoms with van der Waals surface area (Å²) in [5, 5.41) is 7.14. The van der Waals surface area contributed by atoms with Crippen LogP contribution >= 0.6 is 11.6 Å². The molecule has 22 heavy (non-hydrogen) atoms. The van der Waals surface area contributed by atoms with E-state index in [4.69, 9.17) is 11.6 Å². The van der Waals surface area contributed by atoms with Gasteiger partial charge in [-0.3, -0.25) is 9.69 Å². The molecule has 2 N–H and O–H groups in total. The molecular formula is C17H26ClN3O. The molecule has 1 fully saturated rings. The molecule has 122 valence electrons. The van der Waals surface area contributed by atoms with Crippen molar-refractivity contribution in [2.75, 3.05) is 26.7 Å². The molecular weight excluding hydrogens is 298 g/mol. The summed E-state index contributed by atoms with van der Waals surface area (Å²) in [7, 11) is 2.04. The van der Waals surface area contributed by atoms with Crippen molar-refractivity contribution < 1.29 is 4.79 Å². The molecule has 0 bridgehead atoms. The van der Waals surface area contributed by atoms with Crippen molar-refractivity contribution in [3.05, 3.63) is 34.9 Å². The topological polar surface area (TPSA) is 44.4 Å². The van der Waals surface area contributed by atoms with Gasteiger partial charge in [0.25, 0.3) is 0 Å².